The van der Waals surface area contributed by atoms with Crippen LogP contribution in [0.5, 0.6) is 0 Å². The number of aliphatic carboxylic acids is 1. The van der Waals surface area contributed by atoms with Crippen molar-refractivity contribution in [3.05, 3.63) is 59.9 Å². The van der Waals surface area contributed by atoms with E-state index in [0.29, 0.717) is 0 Å². The van der Waals surface area contributed by atoms with E-state index in [9.17, 15) is 9.90 Å². The molecule has 0 saturated carbocycles. The largest absolute Gasteiger partial charge is 0.479 e. The molecule has 0 spiro atoms. The fourth-order valence-corrected chi connectivity index (χ4v) is 3.24. The fraction of sp³-hybridized carbons (Fsp3) is 0.478. The van der Waals surface area contributed by atoms with Crippen molar-refractivity contribution >= 4 is 12.0 Å². The van der Waals surface area contributed by atoms with Gasteiger partial charge in [-0.3, -0.25) is 4.68 Å². The Labute approximate surface area is 162 Å². The maximum Gasteiger partial charge on any atom is 0.333 e. The van der Waals surface area contributed by atoms with Crippen molar-refractivity contribution in [1.29, 1.82) is 0 Å². The molecule has 0 amide bonds. The van der Waals surface area contributed by atoms with E-state index in [1.165, 1.54) is 56.0 Å². The number of nitrogens with zero attached hydrogens (tertiary/aromatic N) is 2. The second-order valence-electron chi connectivity index (χ2n) is 7.07. The van der Waals surface area contributed by atoms with Gasteiger partial charge in [-0.05, 0) is 18.4 Å². The number of allylic oxidation sites excluding steroid dienone is 1. The van der Waals surface area contributed by atoms with Crippen molar-refractivity contribution in [1.82, 2.24) is 9.78 Å². The van der Waals surface area contributed by atoms with E-state index in [0.717, 1.165) is 17.5 Å². The molecule has 1 N–H and O–H groups in total. The Balaban J connectivity index is 1.76. The van der Waals surface area contributed by atoms with Crippen LogP contribution in [0.4, 0.5) is 0 Å². The minimum absolute atomic E-state index is 0.725. The maximum atomic E-state index is 11.7. The molecule has 0 saturated heterocycles. The molecule has 0 unspecified atom stereocenters. The summed E-state index contributed by atoms with van der Waals surface area (Å²) in [6, 6.07) is 8.42. The van der Waals surface area contributed by atoms with E-state index in [1.807, 2.05) is 36.4 Å². The summed E-state index contributed by atoms with van der Waals surface area (Å²) in [5.41, 5.74) is 1.67. The molecule has 2 aromatic rings. The van der Waals surface area contributed by atoms with E-state index in [1.54, 1.807) is 12.4 Å². The lowest BCUT2D eigenvalue weighted by molar-refractivity contribution is -0.139. The van der Waals surface area contributed by atoms with Crippen LogP contribution in [-0.4, -0.2) is 20.9 Å². The standard InChI is InChI=1S/C23H32N2O2/c1-2-3-4-5-6-7-8-9-10-12-15-20-18-24-25(19-20)22(23(26)27)21-16-13-11-14-17-21/h11-19,22H,2-10H2,1H3,(H,26,27)/t22-/m1/s1. The molecule has 0 bridgehead atoms. The van der Waals surface area contributed by atoms with Crippen molar-refractivity contribution in [2.75, 3.05) is 0 Å². The minimum Gasteiger partial charge on any atom is -0.479 e. The van der Waals surface area contributed by atoms with Crippen LogP contribution >= 0.6 is 0 Å². The molecule has 2 rings (SSSR count). The van der Waals surface area contributed by atoms with E-state index in [2.05, 4.69) is 18.1 Å². The van der Waals surface area contributed by atoms with Gasteiger partial charge in [0.05, 0.1) is 6.20 Å². The van der Waals surface area contributed by atoms with Crippen LogP contribution in [0.25, 0.3) is 6.08 Å². The Morgan fingerprint density at radius 1 is 1.07 bits per heavy atom. The first kappa shape index (κ1) is 20.9. The Bertz CT molecular complexity index is 691. The number of carboxylic acid groups (broad SMARTS) is 1. The number of benzene rings is 1. The van der Waals surface area contributed by atoms with Crippen LogP contribution in [0.1, 0.15) is 81.9 Å². The highest BCUT2D eigenvalue weighted by atomic mass is 16.4. The van der Waals surface area contributed by atoms with Crippen molar-refractivity contribution in [3.63, 3.8) is 0 Å². The van der Waals surface area contributed by atoms with Crippen LogP contribution in [0, 0.1) is 0 Å². The van der Waals surface area contributed by atoms with Crippen molar-refractivity contribution < 1.29 is 9.90 Å². The average molecular weight is 369 g/mol. The van der Waals surface area contributed by atoms with Gasteiger partial charge in [0.25, 0.3) is 0 Å². The molecule has 4 heteroatoms. The molecule has 27 heavy (non-hydrogen) atoms. The summed E-state index contributed by atoms with van der Waals surface area (Å²) in [5, 5.41) is 13.8. The lowest BCUT2D eigenvalue weighted by Gasteiger charge is -2.12. The second kappa shape index (κ2) is 12.1. The van der Waals surface area contributed by atoms with Crippen LogP contribution in [0.3, 0.4) is 0 Å². The normalized spacial score (nSPS) is 12.5. The quantitative estimate of drug-likeness (QED) is 0.435. The zero-order chi connectivity index (χ0) is 19.3. The van der Waals surface area contributed by atoms with Gasteiger partial charge in [-0.15, -0.1) is 0 Å². The molecule has 1 atom stereocenters. The summed E-state index contributed by atoms with van der Waals surface area (Å²) in [6.07, 6.45) is 19.4. The van der Waals surface area contributed by atoms with Gasteiger partial charge in [0.2, 0.25) is 0 Å². The SMILES string of the molecule is CCCCCCCCCCC=Cc1cnn([C@@H](C(=O)O)c2ccccc2)c1. The summed E-state index contributed by atoms with van der Waals surface area (Å²) in [6.45, 7) is 2.25. The summed E-state index contributed by atoms with van der Waals surface area (Å²) in [5.74, 6) is -0.904. The predicted octanol–water partition coefficient (Wildman–Crippen LogP) is 6.10. The van der Waals surface area contributed by atoms with E-state index >= 15 is 0 Å². The molecule has 1 aromatic carbocycles. The molecule has 0 fully saturated rings. The van der Waals surface area contributed by atoms with Gasteiger partial charge in [0, 0.05) is 11.8 Å². The first-order chi connectivity index (χ1) is 13.2. The third kappa shape index (κ3) is 7.41. The first-order valence-electron chi connectivity index (χ1n) is 10.2. The van der Waals surface area contributed by atoms with Gasteiger partial charge in [-0.25, -0.2) is 4.79 Å². The van der Waals surface area contributed by atoms with Gasteiger partial charge < -0.3 is 5.11 Å². The third-order valence-electron chi connectivity index (χ3n) is 4.77. The fourth-order valence-electron chi connectivity index (χ4n) is 3.24. The smallest absolute Gasteiger partial charge is 0.333 e. The summed E-state index contributed by atoms with van der Waals surface area (Å²) < 4.78 is 1.52. The Morgan fingerprint density at radius 3 is 2.41 bits per heavy atom. The Morgan fingerprint density at radius 2 is 1.74 bits per heavy atom. The maximum absolute atomic E-state index is 11.7. The second-order valence-corrected chi connectivity index (χ2v) is 7.07. The number of hydrogen-bond donors (Lipinski definition) is 1. The molecular weight excluding hydrogens is 336 g/mol. The summed E-state index contributed by atoms with van der Waals surface area (Å²) in [7, 11) is 0. The topological polar surface area (TPSA) is 55.1 Å². The van der Waals surface area contributed by atoms with Crippen LogP contribution in [0.15, 0.2) is 48.8 Å². The molecule has 0 aliphatic carbocycles. The zero-order valence-corrected chi connectivity index (χ0v) is 16.4. The molecule has 4 nitrogen and oxygen atoms in total. The van der Waals surface area contributed by atoms with Crippen molar-refractivity contribution in [2.45, 2.75) is 70.8 Å². The predicted molar refractivity (Wildman–Crippen MR) is 111 cm³/mol. The van der Waals surface area contributed by atoms with Gasteiger partial charge in [0.1, 0.15) is 0 Å². The number of rotatable bonds is 13. The van der Waals surface area contributed by atoms with E-state index in [4.69, 9.17) is 0 Å². The van der Waals surface area contributed by atoms with Gasteiger partial charge in [-0.1, -0.05) is 94.4 Å². The Hall–Kier alpha value is -2.36. The molecular formula is C23H32N2O2. The van der Waals surface area contributed by atoms with E-state index in [-0.39, 0.29) is 0 Å². The number of carbonyl (C=O) groups is 1. The van der Waals surface area contributed by atoms with Crippen LogP contribution in [-0.2, 0) is 4.79 Å². The Kier molecular flexibility index (Phi) is 9.39. The highest BCUT2D eigenvalue weighted by molar-refractivity contribution is 5.76. The van der Waals surface area contributed by atoms with Gasteiger partial charge in [-0.2, -0.15) is 5.10 Å². The van der Waals surface area contributed by atoms with Gasteiger partial charge >= 0.3 is 5.97 Å². The number of unbranched alkanes of at least 4 members (excludes halogenated alkanes) is 8. The first-order valence-corrected chi connectivity index (χ1v) is 10.2. The third-order valence-corrected chi connectivity index (χ3v) is 4.77. The monoisotopic (exact) mass is 368 g/mol. The lowest BCUT2D eigenvalue weighted by Crippen LogP contribution is -2.20. The molecule has 1 heterocycles. The summed E-state index contributed by atoms with van der Waals surface area (Å²) in [4.78, 5) is 11.7. The van der Waals surface area contributed by atoms with Crippen molar-refractivity contribution in [3.8, 4) is 0 Å². The number of aromatic nitrogens is 2. The average Bonchev–Trinajstić information content (AvgIpc) is 3.12. The van der Waals surface area contributed by atoms with Gasteiger partial charge in [0.15, 0.2) is 6.04 Å². The molecule has 0 aliphatic heterocycles. The lowest BCUT2D eigenvalue weighted by atomic mass is 10.1. The van der Waals surface area contributed by atoms with Crippen LogP contribution < -0.4 is 0 Å². The van der Waals surface area contributed by atoms with Crippen molar-refractivity contribution in [2.24, 2.45) is 0 Å². The number of hydrogen-bond acceptors (Lipinski definition) is 2. The summed E-state index contributed by atoms with van der Waals surface area (Å²) >= 11 is 0. The number of carboxylic acids is 1. The highest BCUT2D eigenvalue weighted by Crippen LogP contribution is 2.19. The highest BCUT2D eigenvalue weighted by Gasteiger charge is 2.22. The zero-order valence-electron chi connectivity index (χ0n) is 16.4. The van der Waals surface area contributed by atoms with Crippen LogP contribution in [0.2, 0.25) is 0 Å². The molecule has 0 aliphatic rings. The molecule has 146 valence electrons. The molecule has 1 aromatic heterocycles. The van der Waals surface area contributed by atoms with E-state index < -0.39 is 12.0 Å². The minimum atomic E-state index is -0.904. The molecule has 0 radical (unpaired) electrons.